The third kappa shape index (κ3) is 6.02. The highest BCUT2D eigenvalue weighted by Crippen LogP contribution is 2.32. The largest absolute Gasteiger partial charge is 0.388 e. The Morgan fingerprint density at radius 3 is 1.26 bits per heavy atom. The van der Waals surface area contributed by atoms with Crippen molar-refractivity contribution in [3.63, 3.8) is 0 Å². The molecule has 0 fully saturated rings. The molecule has 0 amide bonds. The van der Waals surface area contributed by atoms with E-state index in [1.165, 1.54) is 15.6 Å². The summed E-state index contributed by atoms with van der Waals surface area (Å²) in [7, 11) is -2.64. The van der Waals surface area contributed by atoms with Crippen LogP contribution in [0, 0.1) is 5.92 Å². The lowest BCUT2D eigenvalue weighted by Gasteiger charge is -2.32. The summed E-state index contributed by atoms with van der Waals surface area (Å²) < 4.78 is 0. The first-order valence-corrected chi connectivity index (χ1v) is 15.6. The van der Waals surface area contributed by atoms with Gasteiger partial charge in [0.1, 0.15) is 0 Å². The maximum atomic E-state index is 11.6. The van der Waals surface area contributed by atoms with Gasteiger partial charge in [-0.2, -0.15) is 0 Å². The van der Waals surface area contributed by atoms with Gasteiger partial charge in [0.25, 0.3) is 0 Å². The minimum absolute atomic E-state index is 0.300. The van der Waals surface area contributed by atoms with Gasteiger partial charge in [0.15, 0.2) is 8.07 Å². The molecule has 0 aliphatic heterocycles. The van der Waals surface area contributed by atoms with E-state index in [1.807, 2.05) is 60.7 Å². The Morgan fingerprint density at radius 1 is 0.487 bits per heavy atom. The maximum Gasteiger partial charge on any atom is 0.172 e. The van der Waals surface area contributed by atoms with Gasteiger partial charge in [0, 0.05) is 5.92 Å². The molecule has 5 rings (SSSR count). The van der Waals surface area contributed by atoms with Crippen molar-refractivity contribution in [3.05, 3.63) is 175 Å². The molecule has 2 nitrogen and oxygen atoms in total. The minimum Gasteiger partial charge on any atom is -0.388 e. The SMILES string of the molecule is OC(CC(/C=C/[Si](c1ccccc1)(c1ccccc1)c1ccccc1)C(O)c1ccccc1)c1ccccc1. The van der Waals surface area contributed by atoms with Crippen molar-refractivity contribution in [2.45, 2.75) is 18.6 Å². The molecule has 0 radical (unpaired) electrons. The summed E-state index contributed by atoms with van der Waals surface area (Å²) in [4.78, 5) is 0. The molecule has 5 aromatic rings. The van der Waals surface area contributed by atoms with Gasteiger partial charge >= 0.3 is 0 Å². The first kappa shape index (κ1) is 26.6. The van der Waals surface area contributed by atoms with Crippen LogP contribution in [0.25, 0.3) is 0 Å². The Hall–Kier alpha value is -4.02. The fourth-order valence-corrected chi connectivity index (χ4v) is 9.71. The van der Waals surface area contributed by atoms with Crippen LogP contribution in [0.2, 0.25) is 0 Å². The van der Waals surface area contributed by atoms with Crippen molar-refractivity contribution in [2.24, 2.45) is 5.92 Å². The fourth-order valence-electron chi connectivity index (χ4n) is 5.44. The van der Waals surface area contributed by atoms with Gasteiger partial charge in [0.05, 0.1) is 12.2 Å². The van der Waals surface area contributed by atoms with Crippen molar-refractivity contribution < 1.29 is 10.2 Å². The van der Waals surface area contributed by atoms with Crippen molar-refractivity contribution in [1.82, 2.24) is 0 Å². The molecular weight excluding hydrogens is 492 g/mol. The molecule has 0 saturated carbocycles. The number of hydrogen-bond donors (Lipinski definition) is 2. The lowest BCUT2D eigenvalue weighted by atomic mass is 9.89. The second-order valence-electron chi connectivity index (χ2n) is 9.95. The van der Waals surface area contributed by atoms with E-state index >= 15 is 0 Å². The van der Waals surface area contributed by atoms with Crippen LogP contribution in [-0.2, 0) is 0 Å². The number of benzene rings is 5. The monoisotopic (exact) mass is 526 g/mol. The zero-order chi connectivity index (χ0) is 26.9. The van der Waals surface area contributed by atoms with Gasteiger partial charge in [-0.3, -0.25) is 0 Å². The van der Waals surface area contributed by atoms with E-state index in [0.29, 0.717) is 6.42 Å². The summed E-state index contributed by atoms with van der Waals surface area (Å²) in [5.41, 5.74) is 4.06. The first-order valence-electron chi connectivity index (χ1n) is 13.5. The zero-order valence-corrected chi connectivity index (χ0v) is 22.9. The van der Waals surface area contributed by atoms with Crippen LogP contribution in [0.1, 0.15) is 29.8 Å². The zero-order valence-electron chi connectivity index (χ0n) is 21.9. The minimum atomic E-state index is -2.64. The molecule has 0 bridgehead atoms. The van der Waals surface area contributed by atoms with Gasteiger partial charge in [0.2, 0.25) is 0 Å². The van der Waals surface area contributed by atoms with E-state index in [4.69, 9.17) is 0 Å². The highest BCUT2D eigenvalue weighted by Gasteiger charge is 2.37. The summed E-state index contributed by atoms with van der Waals surface area (Å²) >= 11 is 0. The summed E-state index contributed by atoms with van der Waals surface area (Å²) in [6.45, 7) is 0. The third-order valence-corrected chi connectivity index (χ3v) is 11.9. The number of rotatable bonds is 10. The van der Waals surface area contributed by atoms with E-state index in [0.717, 1.165) is 11.1 Å². The molecule has 0 spiro atoms. The first-order chi connectivity index (χ1) is 19.2. The van der Waals surface area contributed by atoms with E-state index in [1.54, 1.807) is 0 Å². The Kier molecular flexibility index (Phi) is 8.64. The molecule has 3 unspecified atom stereocenters. The normalized spacial score (nSPS) is 14.1. The van der Waals surface area contributed by atoms with Crippen molar-refractivity contribution >= 4 is 23.6 Å². The van der Waals surface area contributed by atoms with Crippen LogP contribution in [0.5, 0.6) is 0 Å². The lowest BCUT2D eigenvalue weighted by Crippen LogP contribution is -2.66. The van der Waals surface area contributed by atoms with Gasteiger partial charge in [-0.1, -0.05) is 163 Å². The second kappa shape index (κ2) is 12.7. The van der Waals surface area contributed by atoms with Crippen molar-refractivity contribution in [3.8, 4) is 0 Å². The average Bonchev–Trinajstić information content (AvgIpc) is 3.03. The highest BCUT2D eigenvalue weighted by molar-refractivity contribution is 7.14. The smallest absolute Gasteiger partial charge is 0.172 e. The molecule has 0 heterocycles. The molecule has 0 aromatic heterocycles. The molecule has 2 N–H and O–H groups in total. The van der Waals surface area contributed by atoms with Crippen LogP contribution in [0.4, 0.5) is 0 Å². The average molecular weight is 527 g/mol. The quantitative estimate of drug-likeness (QED) is 0.180. The third-order valence-electron chi connectivity index (χ3n) is 7.51. The van der Waals surface area contributed by atoms with Crippen LogP contribution < -0.4 is 15.6 Å². The van der Waals surface area contributed by atoms with Gasteiger partial charge in [-0.15, -0.1) is 0 Å². The number of aliphatic hydroxyl groups excluding tert-OH is 2. The predicted octanol–water partition coefficient (Wildman–Crippen LogP) is 5.73. The predicted molar refractivity (Wildman–Crippen MR) is 164 cm³/mol. The van der Waals surface area contributed by atoms with Crippen LogP contribution in [0.15, 0.2) is 163 Å². The summed E-state index contributed by atoms with van der Waals surface area (Å²) in [5, 5.41) is 26.7. The van der Waals surface area contributed by atoms with E-state index < -0.39 is 20.3 Å². The summed E-state index contributed by atoms with van der Waals surface area (Å²) in [6, 6.07) is 51.6. The number of aliphatic hydroxyl groups is 2. The number of hydrogen-bond acceptors (Lipinski definition) is 2. The Labute approximate surface area is 232 Å². The molecule has 39 heavy (non-hydrogen) atoms. The Balaban J connectivity index is 1.65. The molecular formula is C36H34O2Si. The molecule has 194 valence electrons. The summed E-state index contributed by atoms with van der Waals surface area (Å²) in [5.74, 6) is -0.300. The second-order valence-corrected chi connectivity index (χ2v) is 13.6. The lowest BCUT2D eigenvalue weighted by molar-refractivity contribution is 0.0812. The topological polar surface area (TPSA) is 40.5 Å². The highest BCUT2D eigenvalue weighted by atomic mass is 28.3. The molecule has 0 aliphatic rings. The molecule has 3 atom stereocenters. The Morgan fingerprint density at radius 2 is 0.846 bits per heavy atom. The van der Waals surface area contributed by atoms with E-state index in [9.17, 15) is 10.2 Å². The molecule has 0 saturated heterocycles. The maximum absolute atomic E-state index is 11.6. The van der Waals surface area contributed by atoms with Crippen LogP contribution >= 0.6 is 0 Å². The standard InChI is InChI=1S/C36H34O2Si/c37-35(29-16-6-1-7-17-29)28-31(36(38)30-18-8-2-9-19-30)26-27-39(32-20-10-3-11-21-32,33-22-12-4-13-23-33)34-24-14-5-15-25-34/h1-27,31,35-38H,28H2/b27-26+. The summed E-state index contributed by atoms with van der Waals surface area (Å²) in [6.07, 6.45) is 1.12. The van der Waals surface area contributed by atoms with Crippen molar-refractivity contribution in [1.29, 1.82) is 0 Å². The van der Waals surface area contributed by atoms with Gasteiger partial charge in [-0.05, 0) is 33.1 Å². The van der Waals surface area contributed by atoms with Crippen LogP contribution in [0.3, 0.4) is 0 Å². The van der Waals surface area contributed by atoms with Crippen LogP contribution in [-0.4, -0.2) is 18.3 Å². The van der Waals surface area contributed by atoms with Gasteiger partial charge in [-0.25, -0.2) is 0 Å². The molecule has 0 aliphatic carbocycles. The molecule has 5 aromatic carbocycles. The van der Waals surface area contributed by atoms with E-state index in [2.05, 4.69) is 103 Å². The fraction of sp³-hybridized carbons (Fsp3) is 0.111. The Bertz CT molecular complexity index is 1340. The van der Waals surface area contributed by atoms with Crippen molar-refractivity contribution in [2.75, 3.05) is 0 Å². The van der Waals surface area contributed by atoms with E-state index in [-0.39, 0.29) is 5.92 Å². The van der Waals surface area contributed by atoms with Gasteiger partial charge < -0.3 is 10.2 Å². The molecule has 3 heteroatoms.